The topological polar surface area (TPSA) is 95.6 Å². The van der Waals surface area contributed by atoms with E-state index in [0.29, 0.717) is 23.6 Å². The number of carbonyl (C=O) groups is 2. The van der Waals surface area contributed by atoms with Crippen molar-refractivity contribution in [2.24, 2.45) is 11.8 Å². The molecule has 7 nitrogen and oxygen atoms in total. The van der Waals surface area contributed by atoms with Gasteiger partial charge in [-0.1, -0.05) is 25.3 Å². The molecule has 3 rings (SSSR count). The Morgan fingerprint density at radius 3 is 2.31 bits per heavy atom. The Bertz CT molecular complexity index is 727. The number of piperidine rings is 1. The number of nitrogens with one attached hydrogen (secondary N) is 2. The summed E-state index contributed by atoms with van der Waals surface area (Å²) in [6, 6.07) is 3.28. The number of sulfonamides is 1. The van der Waals surface area contributed by atoms with Crippen LogP contribution in [0, 0.1) is 11.8 Å². The standard InChI is InChI=1S/C17H25N3O4S2/c21-16(13-6-2-1-3-7-13)18-19-17(22)14-8-4-10-20(12-14)26(23,24)15-9-5-11-25-15/h5,9,11,13-14H,1-4,6-8,10,12H2,(H,18,21)(H,19,22)/t14-/m1/s1. The zero-order chi connectivity index (χ0) is 18.6. The molecule has 1 aromatic heterocycles. The molecule has 1 aliphatic heterocycles. The lowest BCUT2D eigenvalue weighted by molar-refractivity contribution is -0.134. The molecule has 9 heteroatoms. The lowest BCUT2D eigenvalue weighted by Crippen LogP contribution is -2.51. The molecule has 144 valence electrons. The summed E-state index contributed by atoms with van der Waals surface area (Å²) < 4.78 is 26.9. The number of thiophene rings is 1. The number of hydrazine groups is 1. The summed E-state index contributed by atoms with van der Waals surface area (Å²) in [5, 5.41) is 1.72. The van der Waals surface area contributed by atoms with Crippen LogP contribution in [-0.4, -0.2) is 37.6 Å². The SMILES string of the molecule is O=C(NNC(=O)[C@@H]1CCCN(S(=O)(=O)c2cccs2)C1)C1CCCCC1. The highest BCUT2D eigenvalue weighted by atomic mass is 32.2. The van der Waals surface area contributed by atoms with Crippen molar-refractivity contribution in [2.45, 2.75) is 49.2 Å². The summed E-state index contributed by atoms with van der Waals surface area (Å²) in [5.41, 5.74) is 5.03. The van der Waals surface area contributed by atoms with Crippen molar-refractivity contribution in [1.29, 1.82) is 0 Å². The molecule has 1 saturated heterocycles. The van der Waals surface area contributed by atoms with Crippen molar-refractivity contribution in [3.63, 3.8) is 0 Å². The fraction of sp³-hybridized carbons (Fsp3) is 0.647. The first kappa shape index (κ1) is 19.3. The summed E-state index contributed by atoms with van der Waals surface area (Å²) in [7, 11) is -3.55. The average molecular weight is 400 g/mol. The highest BCUT2D eigenvalue weighted by molar-refractivity contribution is 7.91. The number of carbonyl (C=O) groups excluding carboxylic acids is 2. The Morgan fingerprint density at radius 2 is 1.65 bits per heavy atom. The maximum absolute atomic E-state index is 12.6. The summed E-state index contributed by atoms with van der Waals surface area (Å²) in [6.07, 6.45) is 6.21. The first-order chi connectivity index (χ1) is 12.5. The van der Waals surface area contributed by atoms with Crippen LogP contribution in [0.3, 0.4) is 0 Å². The second-order valence-electron chi connectivity index (χ2n) is 6.95. The molecule has 0 unspecified atom stereocenters. The van der Waals surface area contributed by atoms with Crippen LogP contribution < -0.4 is 10.9 Å². The summed E-state index contributed by atoms with van der Waals surface area (Å²) in [5.74, 6) is -0.951. The molecule has 2 amide bonds. The second kappa shape index (κ2) is 8.49. The largest absolute Gasteiger partial charge is 0.273 e. The van der Waals surface area contributed by atoms with Crippen molar-refractivity contribution < 1.29 is 18.0 Å². The van der Waals surface area contributed by atoms with Gasteiger partial charge >= 0.3 is 0 Å². The van der Waals surface area contributed by atoms with Crippen molar-refractivity contribution in [3.05, 3.63) is 17.5 Å². The number of rotatable bonds is 4. The van der Waals surface area contributed by atoms with Crippen molar-refractivity contribution >= 4 is 33.2 Å². The maximum Gasteiger partial charge on any atom is 0.252 e. The van der Waals surface area contributed by atoms with Gasteiger partial charge in [-0.25, -0.2) is 8.42 Å². The monoisotopic (exact) mass is 399 g/mol. The van der Waals surface area contributed by atoms with Gasteiger partial charge < -0.3 is 0 Å². The molecule has 1 aromatic rings. The van der Waals surface area contributed by atoms with Gasteiger partial charge in [-0.05, 0) is 37.1 Å². The predicted molar refractivity (Wildman–Crippen MR) is 98.7 cm³/mol. The third kappa shape index (κ3) is 4.44. The van der Waals surface area contributed by atoms with E-state index >= 15 is 0 Å². The number of hydrogen-bond acceptors (Lipinski definition) is 5. The van der Waals surface area contributed by atoms with E-state index in [2.05, 4.69) is 10.9 Å². The zero-order valence-electron chi connectivity index (χ0n) is 14.6. The predicted octanol–water partition coefficient (Wildman–Crippen LogP) is 1.88. The highest BCUT2D eigenvalue weighted by Crippen LogP contribution is 2.26. The van der Waals surface area contributed by atoms with Crippen molar-refractivity contribution in [3.8, 4) is 0 Å². The van der Waals surface area contributed by atoms with E-state index in [1.807, 2.05) is 0 Å². The van der Waals surface area contributed by atoms with E-state index in [4.69, 9.17) is 0 Å². The normalized spacial score (nSPS) is 22.7. The Morgan fingerprint density at radius 1 is 1.00 bits per heavy atom. The summed E-state index contributed by atoms with van der Waals surface area (Å²) in [6.45, 7) is 0.559. The van der Waals surface area contributed by atoms with Crippen LogP contribution in [0.4, 0.5) is 0 Å². The van der Waals surface area contributed by atoms with Gasteiger partial charge in [0.15, 0.2) is 0 Å². The van der Waals surface area contributed by atoms with Crippen LogP contribution in [0.1, 0.15) is 44.9 Å². The molecule has 1 aliphatic carbocycles. The first-order valence-corrected chi connectivity index (χ1v) is 11.4. The van der Waals surface area contributed by atoms with Gasteiger partial charge in [0.25, 0.3) is 10.0 Å². The lowest BCUT2D eigenvalue weighted by atomic mass is 9.89. The molecular formula is C17H25N3O4S2. The van der Waals surface area contributed by atoms with Gasteiger partial charge in [0.1, 0.15) is 4.21 Å². The van der Waals surface area contributed by atoms with Crippen LogP contribution in [0.2, 0.25) is 0 Å². The molecule has 2 N–H and O–H groups in total. The van der Waals surface area contributed by atoms with Crippen LogP contribution >= 0.6 is 11.3 Å². The van der Waals surface area contributed by atoms with Crippen molar-refractivity contribution in [1.82, 2.24) is 15.2 Å². The molecule has 2 fully saturated rings. The minimum absolute atomic E-state index is 0.0360. The smallest absolute Gasteiger partial charge is 0.252 e. The third-order valence-electron chi connectivity index (χ3n) is 5.13. The van der Waals surface area contributed by atoms with Gasteiger partial charge in [-0.15, -0.1) is 11.3 Å². The molecule has 26 heavy (non-hydrogen) atoms. The third-order valence-corrected chi connectivity index (χ3v) is 8.37. The lowest BCUT2D eigenvalue weighted by Gasteiger charge is -2.31. The number of nitrogens with zero attached hydrogens (tertiary/aromatic N) is 1. The molecule has 1 atom stereocenters. The van der Waals surface area contributed by atoms with Gasteiger partial charge in [-0.3, -0.25) is 20.4 Å². The number of hydrogen-bond donors (Lipinski definition) is 2. The van der Waals surface area contributed by atoms with Gasteiger partial charge in [0.2, 0.25) is 11.8 Å². The Kier molecular flexibility index (Phi) is 6.31. The first-order valence-electron chi connectivity index (χ1n) is 9.12. The van der Waals surface area contributed by atoms with Crippen molar-refractivity contribution in [2.75, 3.05) is 13.1 Å². The Balaban J connectivity index is 1.54. The van der Waals surface area contributed by atoms with Gasteiger partial charge in [-0.2, -0.15) is 4.31 Å². The van der Waals surface area contributed by atoms with E-state index in [1.165, 1.54) is 15.6 Å². The summed E-state index contributed by atoms with van der Waals surface area (Å²) >= 11 is 1.18. The minimum Gasteiger partial charge on any atom is -0.273 e. The Labute approximate surface area is 158 Å². The minimum atomic E-state index is -3.55. The van der Waals surface area contributed by atoms with Crippen LogP contribution in [-0.2, 0) is 19.6 Å². The fourth-order valence-electron chi connectivity index (χ4n) is 3.60. The highest BCUT2D eigenvalue weighted by Gasteiger charge is 2.34. The molecule has 0 radical (unpaired) electrons. The van der Waals surface area contributed by atoms with E-state index in [-0.39, 0.29) is 24.3 Å². The zero-order valence-corrected chi connectivity index (χ0v) is 16.3. The second-order valence-corrected chi connectivity index (χ2v) is 10.1. The molecule has 1 saturated carbocycles. The summed E-state index contributed by atoms with van der Waals surface area (Å²) in [4.78, 5) is 24.5. The molecule has 0 spiro atoms. The average Bonchev–Trinajstić information content (AvgIpc) is 3.22. The molecule has 0 bridgehead atoms. The number of amides is 2. The van der Waals surface area contributed by atoms with Crippen LogP contribution in [0.25, 0.3) is 0 Å². The quantitative estimate of drug-likeness (QED) is 0.756. The van der Waals surface area contributed by atoms with Crippen LogP contribution in [0.5, 0.6) is 0 Å². The van der Waals surface area contributed by atoms with E-state index in [9.17, 15) is 18.0 Å². The fourth-order valence-corrected chi connectivity index (χ4v) is 6.27. The maximum atomic E-state index is 12.6. The van der Waals surface area contributed by atoms with E-state index < -0.39 is 15.9 Å². The van der Waals surface area contributed by atoms with Crippen LogP contribution in [0.15, 0.2) is 21.7 Å². The van der Waals surface area contributed by atoms with Gasteiger partial charge in [0, 0.05) is 19.0 Å². The molecule has 2 heterocycles. The molecule has 0 aromatic carbocycles. The van der Waals surface area contributed by atoms with E-state index in [1.54, 1.807) is 17.5 Å². The Hall–Kier alpha value is -1.45. The van der Waals surface area contributed by atoms with E-state index in [0.717, 1.165) is 32.1 Å². The van der Waals surface area contributed by atoms with Gasteiger partial charge in [0.05, 0.1) is 5.92 Å². The molecular weight excluding hydrogens is 374 g/mol. The molecule has 2 aliphatic rings.